The zero-order chi connectivity index (χ0) is 25.9. The van der Waals surface area contributed by atoms with Gasteiger partial charge in [0.05, 0.1) is 0 Å². The Bertz CT molecular complexity index is 1170. The summed E-state index contributed by atoms with van der Waals surface area (Å²) in [7, 11) is 0. The predicted octanol–water partition coefficient (Wildman–Crippen LogP) is 10.4. The lowest BCUT2D eigenvalue weighted by Crippen LogP contribution is -2.15. The second-order valence-corrected chi connectivity index (χ2v) is 11.3. The molecule has 1 heteroatoms. The molecule has 3 aromatic carbocycles. The second-order valence-electron chi connectivity index (χ2n) is 11.3. The van der Waals surface area contributed by atoms with Crippen molar-refractivity contribution in [2.45, 2.75) is 104 Å². The summed E-state index contributed by atoms with van der Waals surface area (Å²) in [5.74, 6) is 8.39. The Labute approximate surface area is 225 Å². The Kier molecular flexibility index (Phi) is 10.7. The highest BCUT2D eigenvalue weighted by Gasteiger charge is 2.20. The first-order valence-corrected chi connectivity index (χ1v) is 15.0. The van der Waals surface area contributed by atoms with Crippen LogP contribution in [-0.2, 0) is 12.8 Å². The van der Waals surface area contributed by atoms with Gasteiger partial charge in [0.15, 0.2) is 0 Å². The molecule has 1 aliphatic rings. The number of fused-ring (bicyclic) bond motifs is 1. The molecule has 1 aliphatic carbocycles. The highest BCUT2D eigenvalue weighted by molar-refractivity contribution is 5.85. The lowest BCUT2D eigenvalue weighted by molar-refractivity contribution is 0.248. The molecule has 0 saturated heterocycles. The zero-order valence-corrected chi connectivity index (χ0v) is 23.1. The number of hydrogen-bond donors (Lipinski definition) is 0. The first-order chi connectivity index (χ1) is 18.2. The van der Waals surface area contributed by atoms with Crippen molar-refractivity contribution in [1.29, 1.82) is 0 Å². The van der Waals surface area contributed by atoms with Crippen LogP contribution in [0, 0.1) is 29.5 Å². The Balaban J connectivity index is 1.23. The zero-order valence-electron chi connectivity index (χ0n) is 23.1. The van der Waals surface area contributed by atoms with E-state index >= 15 is 0 Å². The predicted molar refractivity (Wildman–Crippen MR) is 157 cm³/mol. The summed E-state index contributed by atoms with van der Waals surface area (Å²) >= 11 is 0. The van der Waals surface area contributed by atoms with E-state index in [0.29, 0.717) is 5.39 Å². The molecule has 0 bridgehead atoms. The van der Waals surface area contributed by atoms with Crippen molar-refractivity contribution in [3.8, 4) is 11.8 Å². The molecular formula is C36H45F. The van der Waals surface area contributed by atoms with Crippen molar-refractivity contribution in [2.24, 2.45) is 11.8 Å². The highest BCUT2D eigenvalue weighted by atomic mass is 19.1. The summed E-state index contributed by atoms with van der Waals surface area (Å²) in [6.45, 7) is 4.38. The lowest BCUT2D eigenvalue weighted by Gasteiger charge is -2.28. The SMILES string of the molecule is CCCCCCCC1CCC(CCc2ccc(C#Cc3ccc4c(F)c(CCC)ccc4c3)cc2)CC1. The van der Waals surface area contributed by atoms with Gasteiger partial charge in [0.25, 0.3) is 0 Å². The monoisotopic (exact) mass is 496 g/mol. The van der Waals surface area contributed by atoms with E-state index in [1.807, 2.05) is 30.3 Å². The summed E-state index contributed by atoms with van der Waals surface area (Å²) in [4.78, 5) is 0. The van der Waals surface area contributed by atoms with E-state index in [0.717, 1.165) is 46.8 Å². The van der Waals surface area contributed by atoms with Crippen LogP contribution in [0.15, 0.2) is 54.6 Å². The topological polar surface area (TPSA) is 0 Å². The maximum atomic E-state index is 14.7. The maximum Gasteiger partial charge on any atom is 0.134 e. The van der Waals surface area contributed by atoms with Gasteiger partial charge in [-0.15, -0.1) is 0 Å². The molecule has 3 aromatic rings. The van der Waals surface area contributed by atoms with E-state index in [1.165, 1.54) is 82.6 Å². The van der Waals surface area contributed by atoms with Crippen LogP contribution in [0.3, 0.4) is 0 Å². The molecule has 37 heavy (non-hydrogen) atoms. The molecule has 4 rings (SSSR count). The van der Waals surface area contributed by atoms with Crippen molar-refractivity contribution in [2.75, 3.05) is 0 Å². The fraction of sp³-hybridized carbons (Fsp3) is 0.500. The standard InChI is InChI=1S/C36H45F/c1-3-5-6-7-8-10-28-11-13-29(14-12-28)15-16-30-17-19-31(20-18-30)21-22-32-23-26-35-34(27-32)25-24-33(9-4-2)36(35)37/h17-20,23-29H,3-16H2,1-2H3. The van der Waals surface area contributed by atoms with Gasteiger partial charge >= 0.3 is 0 Å². The van der Waals surface area contributed by atoms with E-state index in [9.17, 15) is 4.39 Å². The number of benzene rings is 3. The minimum atomic E-state index is -0.0831. The average molecular weight is 497 g/mol. The maximum absolute atomic E-state index is 14.7. The Morgan fingerprint density at radius 2 is 1.35 bits per heavy atom. The average Bonchev–Trinajstić information content (AvgIpc) is 2.93. The Morgan fingerprint density at radius 3 is 2.08 bits per heavy atom. The Morgan fingerprint density at radius 1 is 0.676 bits per heavy atom. The van der Waals surface area contributed by atoms with Crippen molar-refractivity contribution in [1.82, 2.24) is 0 Å². The molecule has 0 nitrogen and oxygen atoms in total. The minimum Gasteiger partial charge on any atom is -0.206 e. The molecule has 0 radical (unpaired) electrons. The summed E-state index contributed by atoms with van der Waals surface area (Å²) in [6, 6.07) is 18.5. The molecular weight excluding hydrogens is 451 g/mol. The van der Waals surface area contributed by atoms with Crippen molar-refractivity contribution in [3.63, 3.8) is 0 Å². The summed E-state index contributed by atoms with van der Waals surface area (Å²) < 4.78 is 14.7. The molecule has 0 amide bonds. The number of aryl methyl sites for hydroxylation is 2. The summed E-state index contributed by atoms with van der Waals surface area (Å²) in [5.41, 5.74) is 4.19. The van der Waals surface area contributed by atoms with Gasteiger partial charge in [0.1, 0.15) is 5.82 Å². The van der Waals surface area contributed by atoms with Gasteiger partial charge in [0.2, 0.25) is 0 Å². The smallest absolute Gasteiger partial charge is 0.134 e. The van der Waals surface area contributed by atoms with Gasteiger partial charge in [-0.1, -0.05) is 127 Å². The molecule has 0 atom stereocenters. The molecule has 1 saturated carbocycles. The molecule has 196 valence electrons. The third kappa shape index (κ3) is 8.20. The summed E-state index contributed by atoms with van der Waals surface area (Å²) in [6.07, 6.45) is 18.5. The van der Waals surface area contributed by atoms with Crippen LogP contribution in [0.1, 0.15) is 113 Å². The van der Waals surface area contributed by atoms with E-state index in [1.54, 1.807) is 0 Å². The molecule has 0 heterocycles. The van der Waals surface area contributed by atoms with E-state index in [4.69, 9.17) is 0 Å². The van der Waals surface area contributed by atoms with E-state index in [-0.39, 0.29) is 5.82 Å². The van der Waals surface area contributed by atoms with Crippen LogP contribution in [0.2, 0.25) is 0 Å². The van der Waals surface area contributed by atoms with Crippen LogP contribution in [0.5, 0.6) is 0 Å². The minimum absolute atomic E-state index is 0.0831. The fourth-order valence-corrected chi connectivity index (χ4v) is 5.99. The van der Waals surface area contributed by atoms with Gasteiger partial charge < -0.3 is 0 Å². The van der Waals surface area contributed by atoms with E-state index in [2.05, 4.69) is 50.0 Å². The number of rotatable bonds is 11. The first-order valence-electron chi connectivity index (χ1n) is 15.0. The molecule has 0 aromatic heterocycles. The van der Waals surface area contributed by atoms with Crippen molar-refractivity contribution >= 4 is 10.8 Å². The van der Waals surface area contributed by atoms with Gasteiger partial charge in [-0.3, -0.25) is 0 Å². The molecule has 0 N–H and O–H groups in total. The van der Waals surface area contributed by atoms with Crippen LogP contribution in [-0.4, -0.2) is 0 Å². The van der Waals surface area contributed by atoms with Crippen molar-refractivity contribution in [3.05, 3.63) is 82.7 Å². The van der Waals surface area contributed by atoms with Crippen LogP contribution >= 0.6 is 0 Å². The second kappa shape index (κ2) is 14.4. The van der Waals surface area contributed by atoms with Crippen LogP contribution in [0.4, 0.5) is 4.39 Å². The number of hydrogen-bond acceptors (Lipinski definition) is 0. The summed E-state index contributed by atoms with van der Waals surface area (Å²) in [5, 5.41) is 1.61. The molecule has 0 aliphatic heterocycles. The van der Waals surface area contributed by atoms with Crippen LogP contribution in [0.25, 0.3) is 10.8 Å². The third-order valence-corrected chi connectivity index (χ3v) is 8.38. The highest BCUT2D eigenvalue weighted by Crippen LogP contribution is 2.34. The van der Waals surface area contributed by atoms with E-state index < -0.39 is 0 Å². The Hall–Kier alpha value is -2.59. The van der Waals surface area contributed by atoms with Gasteiger partial charge in [-0.25, -0.2) is 4.39 Å². The quantitative estimate of drug-likeness (QED) is 0.183. The number of halogens is 1. The first kappa shape index (κ1) is 27.4. The molecule has 0 unspecified atom stereocenters. The number of unbranched alkanes of at least 4 members (excludes halogenated alkanes) is 4. The fourth-order valence-electron chi connectivity index (χ4n) is 5.99. The largest absolute Gasteiger partial charge is 0.206 e. The van der Waals surface area contributed by atoms with Gasteiger partial charge in [-0.2, -0.15) is 0 Å². The normalized spacial score (nSPS) is 17.5. The van der Waals surface area contributed by atoms with Gasteiger partial charge in [-0.05, 0) is 71.9 Å². The molecule has 1 fully saturated rings. The lowest BCUT2D eigenvalue weighted by atomic mass is 9.77. The van der Waals surface area contributed by atoms with Gasteiger partial charge in [0, 0.05) is 16.5 Å². The van der Waals surface area contributed by atoms with Crippen LogP contribution < -0.4 is 0 Å². The molecule has 0 spiro atoms. The third-order valence-electron chi connectivity index (χ3n) is 8.38. The van der Waals surface area contributed by atoms with Crippen molar-refractivity contribution < 1.29 is 4.39 Å².